The van der Waals surface area contributed by atoms with E-state index in [9.17, 15) is 4.79 Å². The number of hydrogen-bond acceptors (Lipinski definition) is 2. The number of carbonyl (C=O) groups excluding carboxylic acids is 1. The zero-order valence-corrected chi connectivity index (χ0v) is 11.7. The van der Waals surface area contributed by atoms with Crippen molar-refractivity contribution in [1.82, 2.24) is 0 Å². The van der Waals surface area contributed by atoms with Gasteiger partial charge in [0.1, 0.15) is 5.75 Å². The van der Waals surface area contributed by atoms with Crippen LogP contribution in [0.3, 0.4) is 0 Å². The quantitative estimate of drug-likeness (QED) is 0.625. The number of ether oxygens (including phenoxy) is 1. The molecule has 1 heterocycles. The first kappa shape index (κ1) is 13.0. The summed E-state index contributed by atoms with van der Waals surface area (Å²) in [6.45, 7) is 4.88. The Labute approximate surface area is 118 Å². The fourth-order valence-corrected chi connectivity index (χ4v) is 3.42. The van der Waals surface area contributed by atoms with Gasteiger partial charge in [-0.3, -0.25) is 4.79 Å². The summed E-state index contributed by atoms with van der Waals surface area (Å²) >= 11 is 0. The van der Waals surface area contributed by atoms with Crippen LogP contribution in [-0.4, -0.2) is 18.5 Å². The first-order valence-corrected chi connectivity index (χ1v) is 6.81. The number of benzene rings is 1. The van der Waals surface area contributed by atoms with Gasteiger partial charge in [-0.05, 0) is 17.0 Å². The van der Waals surface area contributed by atoms with Crippen molar-refractivity contribution in [1.29, 1.82) is 0 Å². The van der Waals surface area contributed by atoms with Gasteiger partial charge in [-0.15, -0.1) is 0 Å². The Morgan fingerprint density at radius 3 is 2.85 bits per heavy atom. The van der Waals surface area contributed by atoms with Crippen LogP contribution in [0.2, 0.25) is 0 Å². The molecule has 106 valence electrons. The minimum atomic E-state index is -0.225. The number of nitrogens with two attached hydrogens (primary N) is 2. The molecule has 4 N–H and O–H groups in total. The predicted octanol–water partition coefficient (Wildman–Crippen LogP) is 1.16. The third kappa shape index (κ3) is 1.85. The molecule has 2 aliphatic rings. The van der Waals surface area contributed by atoms with Crippen molar-refractivity contribution in [3.63, 3.8) is 0 Å². The summed E-state index contributed by atoms with van der Waals surface area (Å²) in [5.74, 6) is 0.555. The summed E-state index contributed by atoms with van der Waals surface area (Å²) in [5, 5.41) is 0. The lowest BCUT2D eigenvalue weighted by molar-refractivity contribution is -0.119. The Kier molecular flexibility index (Phi) is 2.74. The van der Waals surface area contributed by atoms with E-state index in [0.717, 1.165) is 12.2 Å². The van der Waals surface area contributed by atoms with Crippen LogP contribution in [0.4, 0.5) is 0 Å². The first-order valence-electron chi connectivity index (χ1n) is 6.81. The average molecular weight is 273 g/mol. The summed E-state index contributed by atoms with van der Waals surface area (Å²) in [7, 11) is 0. The number of nitrogens with zero attached hydrogens (tertiary/aromatic N) is 1. The van der Waals surface area contributed by atoms with E-state index < -0.39 is 0 Å². The highest BCUT2D eigenvalue weighted by atomic mass is 16.5. The van der Waals surface area contributed by atoms with Crippen LogP contribution in [0.1, 0.15) is 30.9 Å². The second-order valence-corrected chi connectivity index (χ2v) is 6.07. The van der Waals surface area contributed by atoms with Gasteiger partial charge in [0.05, 0.1) is 12.5 Å². The maximum absolute atomic E-state index is 12.1. The molecular weight excluding hydrogens is 254 g/mol. The minimum Gasteiger partial charge on any atom is -0.493 e. The largest absolute Gasteiger partial charge is 0.493 e. The fraction of sp³-hybridized carbons (Fsp3) is 0.467. The van der Waals surface area contributed by atoms with Crippen LogP contribution < -0.4 is 16.2 Å². The summed E-state index contributed by atoms with van der Waals surface area (Å²) in [5.41, 5.74) is 12.9. The van der Waals surface area contributed by atoms with Crippen molar-refractivity contribution in [2.45, 2.75) is 26.2 Å². The molecule has 2 atom stereocenters. The summed E-state index contributed by atoms with van der Waals surface area (Å²) in [6.07, 6.45) is 0.904. The minimum absolute atomic E-state index is 0.117. The molecule has 1 aliphatic carbocycles. The summed E-state index contributed by atoms with van der Waals surface area (Å²) in [6, 6.07) is 6.05. The molecule has 1 aromatic rings. The molecule has 20 heavy (non-hydrogen) atoms. The Balaban J connectivity index is 1.94. The molecule has 5 nitrogen and oxygen atoms in total. The number of amides is 1. The van der Waals surface area contributed by atoms with Gasteiger partial charge in [0.2, 0.25) is 0 Å². The lowest BCUT2D eigenvalue weighted by Gasteiger charge is -2.07. The zero-order chi connectivity index (χ0) is 14.5. The van der Waals surface area contributed by atoms with Gasteiger partial charge in [0.15, 0.2) is 5.96 Å². The molecule has 1 aromatic carbocycles. The van der Waals surface area contributed by atoms with Crippen molar-refractivity contribution < 1.29 is 9.53 Å². The van der Waals surface area contributed by atoms with Crippen molar-refractivity contribution in [2.75, 3.05) is 6.61 Å². The second-order valence-electron chi connectivity index (χ2n) is 6.07. The molecule has 1 saturated carbocycles. The van der Waals surface area contributed by atoms with E-state index >= 15 is 0 Å². The zero-order valence-electron chi connectivity index (χ0n) is 11.7. The number of rotatable bonds is 2. The number of guanidine groups is 1. The van der Waals surface area contributed by atoms with Gasteiger partial charge in [-0.2, -0.15) is 4.99 Å². The van der Waals surface area contributed by atoms with Crippen molar-refractivity contribution in [3.8, 4) is 5.75 Å². The van der Waals surface area contributed by atoms with Gasteiger partial charge in [0, 0.05) is 17.9 Å². The van der Waals surface area contributed by atoms with Gasteiger partial charge in [0.25, 0.3) is 5.91 Å². The maximum atomic E-state index is 12.1. The molecule has 0 aromatic heterocycles. The standard InChI is InChI=1S/C15H19N3O2/c1-15(2)11(12(15)13(19)18-14(16)17)9-4-3-5-10-8(9)6-7-20-10/h3-5,11-12H,6-7H2,1-2H3,(H4,16,17,18,19)/t11-,12-/m1/s1. The number of hydrogen-bond donors (Lipinski definition) is 2. The van der Waals surface area contributed by atoms with Crippen LogP contribution in [0.25, 0.3) is 0 Å². The Hall–Kier alpha value is -2.04. The van der Waals surface area contributed by atoms with Crippen LogP contribution >= 0.6 is 0 Å². The summed E-state index contributed by atoms with van der Waals surface area (Å²) in [4.78, 5) is 15.8. The van der Waals surface area contributed by atoms with Gasteiger partial charge in [-0.25, -0.2) is 0 Å². The van der Waals surface area contributed by atoms with Crippen LogP contribution in [0.15, 0.2) is 23.2 Å². The van der Waals surface area contributed by atoms with Crippen LogP contribution in [0, 0.1) is 11.3 Å². The summed E-state index contributed by atoms with van der Waals surface area (Å²) < 4.78 is 5.59. The van der Waals surface area contributed by atoms with Crippen molar-refractivity contribution in [3.05, 3.63) is 29.3 Å². The second kappa shape index (κ2) is 4.23. The van der Waals surface area contributed by atoms with Crippen molar-refractivity contribution >= 4 is 11.9 Å². The van der Waals surface area contributed by atoms with Gasteiger partial charge < -0.3 is 16.2 Å². The van der Waals surface area contributed by atoms with E-state index in [1.54, 1.807) is 0 Å². The Morgan fingerprint density at radius 1 is 1.40 bits per heavy atom. The highest BCUT2D eigenvalue weighted by Crippen LogP contribution is 2.66. The van der Waals surface area contributed by atoms with E-state index in [1.807, 2.05) is 12.1 Å². The normalized spacial score (nSPS) is 25.5. The molecule has 0 radical (unpaired) electrons. The SMILES string of the molecule is CC1(C)[C@H](c2cccc3c2CCO3)[C@@H]1C(=O)N=C(N)N. The van der Waals surface area contributed by atoms with Gasteiger partial charge >= 0.3 is 0 Å². The maximum Gasteiger partial charge on any atom is 0.253 e. The third-order valence-electron chi connectivity index (χ3n) is 4.45. The smallest absolute Gasteiger partial charge is 0.253 e. The first-order chi connectivity index (χ1) is 9.43. The molecule has 5 heteroatoms. The van der Waals surface area contributed by atoms with Gasteiger partial charge in [-0.1, -0.05) is 26.0 Å². The molecule has 0 spiro atoms. The average Bonchev–Trinajstić information content (AvgIpc) is 2.73. The monoisotopic (exact) mass is 273 g/mol. The third-order valence-corrected chi connectivity index (χ3v) is 4.45. The van der Waals surface area contributed by atoms with E-state index in [2.05, 4.69) is 24.9 Å². The lowest BCUT2D eigenvalue weighted by atomic mass is 9.96. The molecule has 1 amide bonds. The van der Waals surface area contributed by atoms with E-state index in [-0.39, 0.29) is 29.1 Å². The number of aliphatic imine (C=N–C) groups is 1. The Bertz CT molecular complexity index is 603. The van der Waals surface area contributed by atoms with Crippen LogP contribution in [-0.2, 0) is 11.2 Å². The lowest BCUT2D eigenvalue weighted by Crippen LogP contribution is -2.25. The van der Waals surface area contributed by atoms with E-state index in [1.165, 1.54) is 11.1 Å². The molecular formula is C15H19N3O2. The highest BCUT2D eigenvalue weighted by molar-refractivity contribution is 5.95. The molecule has 3 rings (SSSR count). The Morgan fingerprint density at radius 2 is 2.15 bits per heavy atom. The number of carbonyl (C=O) groups is 1. The topological polar surface area (TPSA) is 90.7 Å². The molecule has 1 aliphatic heterocycles. The fourth-order valence-electron chi connectivity index (χ4n) is 3.42. The van der Waals surface area contributed by atoms with Crippen LogP contribution in [0.5, 0.6) is 5.75 Å². The predicted molar refractivity (Wildman–Crippen MR) is 76.5 cm³/mol. The molecule has 0 saturated heterocycles. The number of fused-ring (bicyclic) bond motifs is 1. The van der Waals surface area contributed by atoms with Crippen molar-refractivity contribution in [2.24, 2.45) is 27.8 Å². The van der Waals surface area contributed by atoms with E-state index in [0.29, 0.717) is 6.61 Å². The molecule has 0 unspecified atom stereocenters. The molecule has 0 bridgehead atoms. The van der Waals surface area contributed by atoms with E-state index in [4.69, 9.17) is 16.2 Å². The highest BCUT2D eigenvalue weighted by Gasteiger charge is 2.63. The molecule has 1 fully saturated rings.